The maximum atomic E-state index is 9.55. The van der Waals surface area contributed by atoms with Crippen molar-refractivity contribution in [2.45, 2.75) is 50.6 Å². The Labute approximate surface area is 91.6 Å². The van der Waals surface area contributed by atoms with E-state index in [2.05, 4.69) is 26.5 Å². The standard InChI is InChI=1S/C10H22O3S/c1-3-7(2)10(14)6-9(13)8(12)4-5-11/h7-14H,3-6H2,1-2H3. The fourth-order valence-corrected chi connectivity index (χ4v) is 1.66. The molecule has 4 atom stereocenters. The van der Waals surface area contributed by atoms with Crippen molar-refractivity contribution < 1.29 is 15.3 Å². The molecule has 0 radical (unpaired) electrons. The van der Waals surface area contributed by atoms with Gasteiger partial charge in [-0.3, -0.25) is 0 Å². The highest BCUT2D eigenvalue weighted by Gasteiger charge is 2.21. The molecule has 3 N–H and O–H groups in total. The van der Waals surface area contributed by atoms with Gasteiger partial charge < -0.3 is 15.3 Å². The van der Waals surface area contributed by atoms with Crippen LogP contribution in [0.1, 0.15) is 33.1 Å². The summed E-state index contributed by atoms with van der Waals surface area (Å²) in [7, 11) is 0. The molecule has 0 spiro atoms. The summed E-state index contributed by atoms with van der Waals surface area (Å²) in [6.45, 7) is 4.05. The topological polar surface area (TPSA) is 60.7 Å². The van der Waals surface area contributed by atoms with E-state index in [1.54, 1.807) is 0 Å². The summed E-state index contributed by atoms with van der Waals surface area (Å²) < 4.78 is 0. The molecule has 0 aliphatic heterocycles. The van der Waals surface area contributed by atoms with Crippen LogP contribution in [0.25, 0.3) is 0 Å². The molecule has 0 amide bonds. The third-order valence-electron chi connectivity index (χ3n) is 2.65. The van der Waals surface area contributed by atoms with Crippen molar-refractivity contribution in [3.63, 3.8) is 0 Å². The van der Waals surface area contributed by atoms with Crippen LogP contribution < -0.4 is 0 Å². The zero-order chi connectivity index (χ0) is 11.1. The molecule has 0 fully saturated rings. The van der Waals surface area contributed by atoms with Crippen LogP contribution in [-0.4, -0.2) is 39.4 Å². The second-order valence-electron chi connectivity index (χ2n) is 3.84. The van der Waals surface area contributed by atoms with Gasteiger partial charge in [-0.2, -0.15) is 12.6 Å². The van der Waals surface area contributed by atoms with Crippen molar-refractivity contribution in [3.8, 4) is 0 Å². The molecular weight excluding hydrogens is 200 g/mol. The number of aliphatic hydroxyl groups excluding tert-OH is 3. The van der Waals surface area contributed by atoms with Crippen LogP contribution in [-0.2, 0) is 0 Å². The Morgan fingerprint density at radius 2 is 1.79 bits per heavy atom. The quantitative estimate of drug-likeness (QED) is 0.482. The van der Waals surface area contributed by atoms with Crippen molar-refractivity contribution in [1.29, 1.82) is 0 Å². The van der Waals surface area contributed by atoms with E-state index in [1.807, 2.05) is 0 Å². The van der Waals surface area contributed by atoms with Crippen molar-refractivity contribution in [1.82, 2.24) is 0 Å². The van der Waals surface area contributed by atoms with Gasteiger partial charge in [-0.1, -0.05) is 20.3 Å². The molecule has 4 heteroatoms. The molecule has 0 heterocycles. The van der Waals surface area contributed by atoms with E-state index in [0.29, 0.717) is 12.3 Å². The average Bonchev–Trinajstić information content (AvgIpc) is 2.16. The molecule has 0 saturated carbocycles. The minimum atomic E-state index is -0.835. The van der Waals surface area contributed by atoms with Gasteiger partial charge in [0, 0.05) is 11.9 Å². The number of hydrogen-bond donors (Lipinski definition) is 4. The lowest BCUT2D eigenvalue weighted by molar-refractivity contribution is -0.000589. The first kappa shape index (κ1) is 14.2. The number of hydrogen-bond acceptors (Lipinski definition) is 4. The maximum absolute atomic E-state index is 9.55. The molecule has 0 aliphatic carbocycles. The van der Waals surface area contributed by atoms with Gasteiger partial charge in [-0.25, -0.2) is 0 Å². The van der Waals surface area contributed by atoms with E-state index in [-0.39, 0.29) is 18.3 Å². The van der Waals surface area contributed by atoms with Crippen molar-refractivity contribution in [3.05, 3.63) is 0 Å². The highest BCUT2D eigenvalue weighted by atomic mass is 32.1. The summed E-state index contributed by atoms with van der Waals surface area (Å²) in [5.74, 6) is 0.425. The van der Waals surface area contributed by atoms with Crippen molar-refractivity contribution >= 4 is 12.6 Å². The molecule has 0 aromatic heterocycles. The Kier molecular flexibility index (Phi) is 7.64. The molecular formula is C10H22O3S. The molecule has 4 unspecified atom stereocenters. The SMILES string of the molecule is CCC(C)C(S)CC(O)C(O)CCO. The Balaban J connectivity index is 3.85. The zero-order valence-electron chi connectivity index (χ0n) is 8.93. The van der Waals surface area contributed by atoms with E-state index in [0.717, 1.165) is 6.42 Å². The fourth-order valence-electron chi connectivity index (χ4n) is 1.23. The summed E-state index contributed by atoms with van der Waals surface area (Å²) in [5, 5.41) is 27.6. The molecule has 14 heavy (non-hydrogen) atoms. The summed E-state index contributed by atoms with van der Waals surface area (Å²) >= 11 is 4.37. The minimum Gasteiger partial charge on any atom is -0.396 e. The van der Waals surface area contributed by atoms with Crippen LogP contribution in [0.4, 0.5) is 0 Å². The summed E-state index contributed by atoms with van der Waals surface area (Å²) in [6.07, 6.45) is 0.0932. The first-order valence-electron chi connectivity index (χ1n) is 5.17. The smallest absolute Gasteiger partial charge is 0.0821 e. The predicted octanol–water partition coefficient (Wildman–Crippen LogP) is 0.825. The van der Waals surface area contributed by atoms with Crippen LogP contribution in [0.5, 0.6) is 0 Å². The zero-order valence-corrected chi connectivity index (χ0v) is 9.82. The van der Waals surface area contributed by atoms with Gasteiger partial charge in [0.1, 0.15) is 0 Å². The highest BCUT2D eigenvalue weighted by Crippen LogP contribution is 2.20. The normalized spacial score (nSPS) is 20.1. The molecule has 86 valence electrons. The average molecular weight is 222 g/mol. The second kappa shape index (κ2) is 7.51. The van der Waals surface area contributed by atoms with Crippen LogP contribution in [0.3, 0.4) is 0 Å². The molecule has 0 bridgehead atoms. The van der Waals surface area contributed by atoms with Crippen molar-refractivity contribution in [2.75, 3.05) is 6.61 Å². The van der Waals surface area contributed by atoms with Gasteiger partial charge >= 0.3 is 0 Å². The third kappa shape index (κ3) is 5.20. The molecule has 0 saturated heterocycles. The Morgan fingerprint density at radius 1 is 1.21 bits per heavy atom. The Morgan fingerprint density at radius 3 is 2.21 bits per heavy atom. The van der Waals surface area contributed by atoms with Crippen LogP contribution in [0.15, 0.2) is 0 Å². The first-order valence-corrected chi connectivity index (χ1v) is 5.69. The van der Waals surface area contributed by atoms with Crippen LogP contribution >= 0.6 is 12.6 Å². The lowest BCUT2D eigenvalue weighted by Crippen LogP contribution is -2.31. The van der Waals surface area contributed by atoms with Crippen LogP contribution in [0.2, 0.25) is 0 Å². The first-order chi connectivity index (χ1) is 6.52. The second-order valence-corrected chi connectivity index (χ2v) is 4.50. The summed E-state index contributed by atoms with van der Waals surface area (Å²) in [4.78, 5) is 0. The summed E-state index contributed by atoms with van der Waals surface area (Å²) in [5.41, 5.74) is 0. The van der Waals surface area contributed by atoms with Gasteiger partial charge in [0.25, 0.3) is 0 Å². The van der Waals surface area contributed by atoms with Crippen LogP contribution in [0, 0.1) is 5.92 Å². The monoisotopic (exact) mass is 222 g/mol. The molecule has 0 aliphatic rings. The molecule has 3 nitrogen and oxygen atoms in total. The van der Waals surface area contributed by atoms with E-state index >= 15 is 0 Å². The van der Waals surface area contributed by atoms with E-state index in [1.165, 1.54) is 0 Å². The largest absolute Gasteiger partial charge is 0.396 e. The lowest BCUT2D eigenvalue weighted by atomic mass is 9.97. The number of aliphatic hydroxyl groups is 3. The van der Waals surface area contributed by atoms with Gasteiger partial charge in [-0.05, 0) is 18.8 Å². The highest BCUT2D eigenvalue weighted by molar-refractivity contribution is 7.81. The summed E-state index contributed by atoms with van der Waals surface area (Å²) in [6, 6.07) is 0. The fraction of sp³-hybridized carbons (Fsp3) is 1.00. The predicted molar refractivity (Wildman–Crippen MR) is 60.6 cm³/mol. The molecule has 0 rings (SSSR count). The number of rotatable bonds is 7. The third-order valence-corrected chi connectivity index (χ3v) is 3.37. The minimum absolute atomic E-state index is 0.0984. The van der Waals surface area contributed by atoms with Gasteiger partial charge in [-0.15, -0.1) is 0 Å². The van der Waals surface area contributed by atoms with E-state index in [4.69, 9.17) is 5.11 Å². The number of thiol groups is 1. The van der Waals surface area contributed by atoms with E-state index < -0.39 is 12.2 Å². The molecule has 0 aromatic rings. The lowest BCUT2D eigenvalue weighted by Gasteiger charge is -2.23. The van der Waals surface area contributed by atoms with Gasteiger partial charge in [0.15, 0.2) is 0 Å². The Hall–Kier alpha value is 0.230. The van der Waals surface area contributed by atoms with Crippen molar-refractivity contribution in [2.24, 2.45) is 5.92 Å². The van der Waals surface area contributed by atoms with Gasteiger partial charge in [0.2, 0.25) is 0 Å². The Bertz CT molecular complexity index is 143. The maximum Gasteiger partial charge on any atom is 0.0821 e. The molecule has 0 aromatic carbocycles. The van der Waals surface area contributed by atoms with E-state index in [9.17, 15) is 10.2 Å². The van der Waals surface area contributed by atoms with Gasteiger partial charge in [0.05, 0.1) is 12.2 Å².